The summed E-state index contributed by atoms with van der Waals surface area (Å²) in [5.74, 6) is -0.107. The van der Waals surface area contributed by atoms with Gasteiger partial charge in [0.2, 0.25) is 10.0 Å². The van der Waals surface area contributed by atoms with E-state index in [4.69, 9.17) is 4.74 Å². The molecule has 1 aromatic carbocycles. The third kappa shape index (κ3) is 4.63. The lowest BCUT2D eigenvalue weighted by atomic mass is 10.2. The van der Waals surface area contributed by atoms with E-state index in [1.54, 1.807) is 17.9 Å². The molecule has 1 amide bonds. The lowest BCUT2D eigenvalue weighted by Gasteiger charge is -2.34. The van der Waals surface area contributed by atoms with Crippen LogP contribution in [0.5, 0.6) is 0 Å². The predicted molar refractivity (Wildman–Crippen MR) is 89.0 cm³/mol. The molecule has 126 valence electrons. The molecule has 1 fully saturated rings. The smallest absolute Gasteiger partial charge is 0.251 e. The Morgan fingerprint density at radius 3 is 2.35 bits per heavy atom. The Morgan fingerprint density at radius 2 is 1.78 bits per heavy atom. The Kier molecular flexibility index (Phi) is 5.92. The number of ether oxygens (including phenoxy) is 1. The van der Waals surface area contributed by atoms with Gasteiger partial charge in [-0.25, -0.2) is 8.42 Å². The van der Waals surface area contributed by atoms with Crippen molar-refractivity contribution in [3.63, 3.8) is 0 Å². The second-order valence-electron chi connectivity index (χ2n) is 5.36. The largest absolute Gasteiger partial charge is 0.372 e. The molecular weight excluding hydrogens is 316 g/mol. The molecule has 1 atom stereocenters. The van der Waals surface area contributed by atoms with Gasteiger partial charge in [-0.15, -0.1) is 0 Å². The molecule has 0 spiro atoms. The number of carbonyl (C=O) groups is 1. The van der Waals surface area contributed by atoms with Crippen molar-refractivity contribution in [2.24, 2.45) is 0 Å². The molecule has 23 heavy (non-hydrogen) atoms. The third-order valence-electron chi connectivity index (χ3n) is 3.84. The van der Waals surface area contributed by atoms with Crippen molar-refractivity contribution in [2.75, 3.05) is 33.3 Å². The van der Waals surface area contributed by atoms with Crippen LogP contribution in [0.15, 0.2) is 35.7 Å². The van der Waals surface area contributed by atoms with Gasteiger partial charge in [0.25, 0.3) is 5.91 Å². The average Bonchev–Trinajstić information content (AvgIpc) is 2.59. The minimum absolute atomic E-state index is 0.107. The average molecular weight is 338 g/mol. The summed E-state index contributed by atoms with van der Waals surface area (Å²) in [5, 5.41) is 1.22. The van der Waals surface area contributed by atoms with Crippen molar-refractivity contribution in [3.8, 4) is 0 Å². The molecule has 1 unspecified atom stereocenters. The Morgan fingerprint density at radius 1 is 1.17 bits per heavy atom. The van der Waals surface area contributed by atoms with Crippen molar-refractivity contribution < 1.29 is 17.9 Å². The second kappa shape index (κ2) is 7.72. The number of piperazine rings is 1. The molecule has 0 radical (unpaired) electrons. The molecule has 1 aliphatic heterocycles. The van der Waals surface area contributed by atoms with Gasteiger partial charge in [0.15, 0.2) is 0 Å². The molecule has 0 bridgehead atoms. The van der Waals surface area contributed by atoms with Gasteiger partial charge < -0.3 is 9.64 Å². The number of hydrogen-bond donors (Lipinski definition) is 0. The van der Waals surface area contributed by atoms with Gasteiger partial charge >= 0.3 is 0 Å². The number of nitrogens with zero attached hydrogens (tertiary/aromatic N) is 2. The number of benzene rings is 1. The van der Waals surface area contributed by atoms with Crippen LogP contribution < -0.4 is 0 Å². The fourth-order valence-electron chi connectivity index (χ4n) is 2.34. The quantitative estimate of drug-likeness (QED) is 0.808. The molecular formula is C16H22N2O4S. The maximum absolute atomic E-state index is 12.3. The SMILES string of the molecule is COC(C)C(=O)N1CCN(S(=O)(=O)/C=C/c2ccccc2)CC1. The summed E-state index contributed by atoms with van der Waals surface area (Å²) in [4.78, 5) is 13.7. The number of methoxy groups -OCH3 is 1. The Hall–Kier alpha value is -1.70. The van der Waals surface area contributed by atoms with Gasteiger partial charge in [-0.1, -0.05) is 30.3 Å². The van der Waals surface area contributed by atoms with E-state index < -0.39 is 16.1 Å². The van der Waals surface area contributed by atoms with Gasteiger partial charge in [0, 0.05) is 38.7 Å². The van der Waals surface area contributed by atoms with Gasteiger partial charge in [-0.3, -0.25) is 4.79 Å². The Bertz CT molecular complexity index is 650. The molecule has 1 heterocycles. The first-order valence-electron chi connectivity index (χ1n) is 7.49. The van der Waals surface area contributed by atoms with Gasteiger partial charge in [-0.2, -0.15) is 4.31 Å². The summed E-state index contributed by atoms with van der Waals surface area (Å²) < 4.78 is 31.1. The lowest BCUT2D eigenvalue weighted by Crippen LogP contribution is -2.52. The standard InChI is InChI=1S/C16H22N2O4S/c1-14(22-2)16(19)17-9-11-18(12-10-17)23(20,21)13-8-15-6-4-3-5-7-15/h3-8,13-14H,9-12H2,1-2H3/b13-8+. The van der Waals surface area contributed by atoms with Gasteiger partial charge in [-0.05, 0) is 18.6 Å². The number of rotatable bonds is 5. The van der Waals surface area contributed by atoms with E-state index in [0.717, 1.165) is 5.56 Å². The molecule has 1 aliphatic rings. The molecule has 0 N–H and O–H groups in total. The van der Waals surface area contributed by atoms with Crippen LogP contribution in [-0.4, -0.2) is 62.9 Å². The molecule has 7 heteroatoms. The van der Waals surface area contributed by atoms with Crippen LogP contribution >= 0.6 is 0 Å². The topological polar surface area (TPSA) is 66.9 Å². The number of hydrogen-bond acceptors (Lipinski definition) is 4. The van der Waals surface area contributed by atoms with Crippen LogP contribution in [0.3, 0.4) is 0 Å². The molecule has 1 saturated heterocycles. The minimum Gasteiger partial charge on any atom is -0.372 e. The first kappa shape index (κ1) is 17.7. The highest BCUT2D eigenvalue weighted by Gasteiger charge is 2.29. The first-order chi connectivity index (χ1) is 10.9. The zero-order valence-electron chi connectivity index (χ0n) is 13.4. The summed E-state index contributed by atoms with van der Waals surface area (Å²) in [5.41, 5.74) is 0.832. The first-order valence-corrected chi connectivity index (χ1v) is 8.99. The molecule has 0 aromatic heterocycles. The molecule has 1 aromatic rings. The van der Waals surface area contributed by atoms with E-state index in [9.17, 15) is 13.2 Å². The van der Waals surface area contributed by atoms with E-state index in [1.165, 1.54) is 16.8 Å². The van der Waals surface area contributed by atoms with Crippen LogP contribution in [0.2, 0.25) is 0 Å². The second-order valence-corrected chi connectivity index (χ2v) is 7.18. The van der Waals surface area contributed by atoms with Crippen LogP contribution in [0.4, 0.5) is 0 Å². The van der Waals surface area contributed by atoms with Gasteiger partial charge in [0.05, 0.1) is 0 Å². The number of amides is 1. The maximum Gasteiger partial charge on any atom is 0.251 e. The van der Waals surface area contributed by atoms with Crippen molar-refractivity contribution >= 4 is 22.0 Å². The van der Waals surface area contributed by atoms with Crippen molar-refractivity contribution in [1.82, 2.24) is 9.21 Å². The Labute approximate surface area is 137 Å². The van der Waals surface area contributed by atoms with Crippen LogP contribution in [0, 0.1) is 0 Å². The summed E-state index contributed by atoms with van der Waals surface area (Å²) >= 11 is 0. The van der Waals surface area contributed by atoms with Crippen molar-refractivity contribution in [3.05, 3.63) is 41.3 Å². The molecule has 2 rings (SSSR count). The van der Waals surface area contributed by atoms with E-state index >= 15 is 0 Å². The highest BCUT2D eigenvalue weighted by atomic mass is 32.2. The fourth-order valence-corrected chi connectivity index (χ4v) is 3.51. The zero-order valence-corrected chi connectivity index (χ0v) is 14.2. The highest BCUT2D eigenvalue weighted by Crippen LogP contribution is 2.12. The highest BCUT2D eigenvalue weighted by molar-refractivity contribution is 7.92. The normalized spacial score (nSPS) is 18.3. The number of sulfonamides is 1. The van der Waals surface area contributed by atoms with E-state index in [0.29, 0.717) is 26.2 Å². The maximum atomic E-state index is 12.3. The van der Waals surface area contributed by atoms with E-state index in [1.807, 2.05) is 30.3 Å². The minimum atomic E-state index is -3.47. The Balaban J connectivity index is 1.96. The lowest BCUT2D eigenvalue weighted by molar-refractivity contribution is -0.142. The van der Waals surface area contributed by atoms with Gasteiger partial charge in [0.1, 0.15) is 6.10 Å². The van der Waals surface area contributed by atoms with E-state index in [-0.39, 0.29) is 5.91 Å². The predicted octanol–water partition coefficient (Wildman–Crippen LogP) is 1.17. The summed E-state index contributed by atoms with van der Waals surface area (Å²) in [6.07, 6.45) is 1.08. The summed E-state index contributed by atoms with van der Waals surface area (Å²) in [6, 6.07) is 9.27. The third-order valence-corrected chi connectivity index (χ3v) is 5.41. The zero-order chi connectivity index (χ0) is 16.9. The van der Waals surface area contributed by atoms with Crippen molar-refractivity contribution in [1.29, 1.82) is 0 Å². The van der Waals surface area contributed by atoms with Crippen molar-refractivity contribution in [2.45, 2.75) is 13.0 Å². The fraction of sp³-hybridized carbons (Fsp3) is 0.438. The van der Waals surface area contributed by atoms with Crippen LogP contribution in [0.1, 0.15) is 12.5 Å². The monoisotopic (exact) mass is 338 g/mol. The molecule has 0 aliphatic carbocycles. The molecule has 0 saturated carbocycles. The molecule has 6 nitrogen and oxygen atoms in total. The summed E-state index contributed by atoms with van der Waals surface area (Å²) in [6.45, 7) is 3.04. The van der Waals surface area contributed by atoms with E-state index in [2.05, 4.69) is 0 Å². The summed E-state index contributed by atoms with van der Waals surface area (Å²) in [7, 11) is -1.99. The van der Waals surface area contributed by atoms with Crippen LogP contribution in [0.25, 0.3) is 6.08 Å². The van der Waals surface area contributed by atoms with Crippen LogP contribution in [-0.2, 0) is 19.6 Å². The number of carbonyl (C=O) groups excluding carboxylic acids is 1.